The quantitative estimate of drug-likeness (QED) is 0.740. The van der Waals surface area contributed by atoms with Gasteiger partial charge in [0.25, 0.3) is 0 Å². The normalized spacial score (nSPS) is 11.6. The lowest BCUT2D eigenvalue weighted by atomic mass is 10.1. The van der Waals surface area contributed by atoms with Gasteiger partial charge in [0.1, 0.15) is 5.75 Å². The highest BCUT2D eigenvalue weighted by atomic mass is 79.9. The predicted molar refractivity (Wildman–Crippen MR) is 79.2 cm³/mol. The summed E-state index contributed by atoms with van der Waals surface area (Å²) < 4.78 is 5.81. The molecular weight excluding hydrogens is 328 g/mol. The van der Waals surface area contributed by atoms with Gasteiger partial charge in [0.2, 0.25) is 0 Å². The molecule has 0 aliphatic carbocycles. The number of rotatable bonds is 6. The molecule has 0 aliphatic heterocycles. The van der Waals surface area contributed by atoms with Crippen molar-refractivity contribution >= 4 is 33.6 Å². The molecule has 2 amide bonds. The van der Waals surface area contributed by atoms with Crippen LogP contribution in [0.5, 0.6) is 5.75 Å². The maximum atomic E-state index is 11.8. The molecule has 0 spiro atoms. The van der Waals surface area contributed by atoms with Gasteiger partial charge >= 0.3 is 12.0 Å². The van der Waals surface area contributed by atoms with Gasteiger partial charge in [-0.2, -0.15) is 0 Å². The highest BCUT2D eigenvalue weighted by Gasteiger charge is 2.14. The Kier molecular flexibility index (Phi) is 6.30. The number of methoxy groups -OCH3 is 1. The van der Waals surface area contributed by atoms with E-state index in [-0.39, 0.29) is 6.42 Å². The minimum Gasteiger partial charge on any atom is -0.496 e. The fraction of sp³-hybridized carbons (Fsp3) is 0.385. The van der Waals surface area contributed by atoms with Crippen LogP contribution in [0.2, 0.25) is 0 Å². The van der Waals surface area contributed by atoms with Crippen molar-refractivity contribution in [2.45, 2.75) is 25.8 Å². The third kappa shape index (κ3) is 5.08. The summed E-state index contributed by atoms with van der Waals surface area (Å²) in [5.74, 6) is -0.280. The number of hydrogen-bond acceptors (Lipinski definition) is 3. The summed E-state index contributed by atoms with van der Waals surface area (Å²) in [6.45, 7) is 1.82. The minimum atomic E-state index is -0.940. The number of carbonyl (C=O) groups is 2. The van der Waals surface area contributed by atoms with E-state index in [9.17, 15) is 9.59 Å². The van der Waals surface area contributed by atoms with Crippen LogP contribution in [-0.2, 0) is 4.79 Å². The maximum Gasteiger partial charge on any atom is 0.319 e. The molecule has 1 aromatic rings. The van der Waals surface area contributed by atoms with Crippen LogP contribution in [0.25, 0.3) is 0 Å². The second kappa shape index (κ2) is 7.74. The first-order chi connectivity index (χ1) is 9.46. The van der Waals surface area contributed by atoms with Crippen LogP contribution < -0.4 is 15.4 Å². The number of carboxylic acid groups (broad SMARTS) is 1. The average Bonchev–Trinajstić information content (AvgIpc) is 2.37. The molecule has 0 saturated heterocycles. The molecule has 7 heteroatoms. The topological polar surface area (TPSA) is 87.7 Å². The minimum absolute atomic E-state index is 0.101. The van der Waals surface area contributed by atoms with E-state index < -0.39 is 18.0 Å². The van der Waals surface area contributed by atoms with Crippen LogP contribution in [-0.4, -0.2) is 30.3 Å². The summed E-state index contributed by atoms with van der Waals surface area (Å²) >= 11 is 3.32. The van der Waals surface area contributed by atoms with E-state index in [1.165, 1.54) is 0 Å². The third-order valence-corrected chi connectivity index (χ3v) is 3.28. The second-order valence-corrected chi connectivity index (χ2v) is 5.01. The fourth-order valence-electron chi connectivity index (χ4n) is 1.60. The Bertz CT molecular complexity index is 493. The number of anilines is 1. The Morgan fingerprint density at radius 1 is 1.45 bits per heavy atom. The highest BCUT2D eigenvalue weighted by molar-refractivity contribution is 9.10. The highest BCUT2D eigenvalue weighted by Crippen LogP contribution is 2.27. The number of hydrogen-bond donors (Lipinski definition) is 3. The molecular formula is C13H17BrN2O4. The molecule has 0 heterocycles. The molecule has 0 bridgehead atoms. The molecule has 110 valence electrons. The van der Waals surface area contributed by atoms with E-state index >= 15 is 0 Å². The van der Waals surface area contributed by atoms with Crippen LogP contribution >= 0.6 is 15.9 Å². The van der Waals surface area contributed by atoms with Gasteiger partial charge in [0, 0.05) is 11.7 Å². The van der Waals surface area contributed by atoms with E-state index in [2.05, 4.69) is 26.6 Å². The Morgan fingerprint density at radius 2 is 2.15 bits per heavy atom. The van der Waals surface area contributed by atoms with Crippen LogP contribution in [0.15, 0.2) is 22.7 Å². The van der Waals surface area contributed by atoms with Crippen LogP contribution in [0.3, 0.4) is 0 Å². The lowest BCUT2D eigenvalue weighted by Gasteiger charge is -2.15. The number of nitrogens with one attached hydrogen (secondary N) is 2. The summed E-state index contributed by atoms with van der Waals surface area (Å²) in [4.78, 5) is 22.4. The molecule has 0 aromatic heterocycles. The Morgan fingerprint density at radius 3 is 2.65 bits per heavy atom. The van der Waals surface area contributed by atoms with Gasteiger partial charge in [0.15, 0.2) is 0 Å². The molecule has 0 radical (unpaired) electrons. The van der Waals surface area contributed by atoms with Crippen molar-refractivity contribution in [3.05, 3.63) is 22.7 Å². The Balaban J connectivity index is 2.61. The molecule has 0 saturated carbocycles. The zero-order chi connectivity index (χ0) is 15.1. The number of amides is 2. The van der Waals surface area contributed by atoms with Crippen molar-refractivity contribution in [3.8, 4) is 5.75 Å². The van der Waals surface area contributed by atoms with Gasteiger partial charge in [-0.1, -0.05) is 6.92 Å². The Labute approximate surface area is 125 Å². The van der Waals surface area contributed by atoms with Gasteiger partial charge in [-0.05, 0) is 40.5 Å². The number of carboxylic acids is 1. The van der Waals surface area contributed by atoms with Crippen LogP contribution in [0.1, 0.15) is 19.8 Å². The second-order valence-electron chi connectivity index (χ2n) is 4.15. The summed E-state index contributed by atoms with van der Waals surface area (Å²) in [6.07, 6.45) is 0.447. The van der Waals surface area contributed by atoms with Crippen molar-refractivity contribution in [1.82, 2.24) is 5.32 Å². The molecule has 0 aliphatic rings. The lowest BCUT2D eigenvalue weighted by Crippen LogP contribution is -2.38. The number of ether oxygens (including phenoxy) is 1. The van der Waals surface area contributed by atoms with Gasteiger partial charge in [-0.15, -0.1) is 0 Å². The third-order valence-electron chi connectivity index (χ3n) is 2.66. The van der Waals surface area contributed by atoms with E-state index in [4.69, 9.17) is 9.84 Å². The first-order valence-electron chi connectivity index (χ1n) is 6.09. The molecule has 1 unspecified atom stereocenters. The van der Waals surface area contributed by atoms with Crippen LogP contribution in [0, 0.1) is 0 Å². The first kappa shape index (κ1) is 16.3. The molecule has 6 nitrogen and oxygen atoms in total. The first-order valence-corrected chi connectivity index (χ1v) is 6.88. The Hall–Kier alpha value is -1.76. The predicted octanol–water partition coefficient (Wildman–Crippen LogP) is 2.83. The van der Waals surface area contributed by atoms with Gasteiger partial charge in [0.05, 0.1) is 18.0 Å². The lowest BCUT2D eigenvalue weighted by molar-refractivity contribution is -0.137. The van der Waals surface area contributed by atoms with E-state index in [0.717, 1.165) is 4.47 Å². The van der Waals surface area contributed by atoms with E-state index in [1.54, 1.807) is 25.3 Å². The largest absolute Gasteiger partial charge is 0.496 e. The zero-order valence-corrected chi connectivity index (χ0v) is 12.9. The molecule has 0 fully saturated rings. The number of halogens is 1. The number of carbonyl (C=O) groups excluding carboxylic acids is 1. The smallest absolute Gasteiger partial charge is 0.319 e. The van der Waals surface area contributed by atoms with Crippen LogP contribution in [0.4, 0.5) is 10.5 Å². The number of urea groups is 1. The van der Waals surface area contributed by atoms with Crippen molar-refractivity contribution in [2.24, 2.45) is 0 Å². The average molecular weight is 345 g/mol. The SMILES string of the molecule is CCC(CC(=O)O)NC(=O)Nc1ccc(OC)c(Br)c1. The zero-order valence-electron chi connectivity index (χ0n) is 11.3. The maximum absolute atomic E-state index is 11.8. The van der Waals surface area contributed by atoms with Gasteiger partial charge in [-0.25, -0.2) is 4.79 Å². The fourth-order valence-corrected chi connectivity index (χ4v) is 2.15. The standard InChI is InChI=1S/C13H17BrN2O4/c1-3-8(7-12(17)18)15-13(19)16-9-4-5-11(20-2)10(14)6-9/h4-6,8H,3,7H2,1-2H3,(H,17,18)(H2,15,16,19). The molecule has 1 rings (SSSR count). The number of benzene rings is 1. The van der Waals surface area contributed by atoms with Gasteiger partial charge in [-0.3, -0.25) is 4.79 Å². The summed E-state index contributed by atoms with van der Waals surface area (Å²) in [6, 6.07) is 4.29. The summed E-state index contributed by atoms with van der Waals surface area (Å²) in [5.41, 5.74) is 0.584. The van der Waals surface area contributed by atoms with Crippen molar-refractivity contribution < 1.29 is 19.4 Å². The molecule has 3 N–H and O–H groups in total. The number of aliphatic carboxylic acids is 1. The monoisotopic (exact) mass is 344 g/mol. The van der Waals surface area contributed by atoms with Crippen molar-refractivity contribution in [2.75, 3.05) is 12.4 Å². The molecule has 1 atom stereocenters. The van der Waals surface area contributed by atoms with Crippen molar-refractivity contribution in [3.63, 3.8) is 0 Å². The van der Waals surface area contributed by atoms with Crippen molar-refractivity contribution in [1.29, 1.82) is 0 Å². The molecule has 20 heavy (non-hydrogen) atoms. The van der Waals surface area contributed by atoms with E-state index in [0.29, 0.717) is 17.9 Å². The summed E-state index contributed by atoms with van der Waals surface area (Å²) in [5, 5.41) is 14.0. The van der Waals surface area contributed by atoms with E-state index in [1.807, 2.05) is 6.92 Å². The summed E-state index contributed by atoms with van der Waals surface area (Å²) in [7, 11) is 1.55. The molecule has 1 aromatic carbocycles. The van der Waals surface area contributed by atoms with Gasteiger partial charge < -0.3 is 20.5 Å².